The monoisotopic (exact) mass is 238 g/mol. The highest BCUT2D eigenvalue weighted by molar-refractivity contribution is 5.85. The first-order valence-corrected chi connectivity index (χ1v) is 5.09. The van der Waals surface area contributed by atoms with Gasteiger partial charge < -0.3 is 5.32 Å². The van der Waals surface area contributed by atoms with Crippen LogP contribution in [0.15, 0.2) is 30.5 Å². The molecule has 0 radical (unpaired) electrons. The van der Waals surface area contributed by atoms with Crippen molar-refractivity contribution in [2.45, 2.75) is 5.92 Å². The van der Waals surface area contributed by atoms with Gasteiger partial charge in [-0.2, -0.15) is 0 Å². The largest absolute Gasteiger partial charge is 0.315 e. The maximum absolute atomic E-state index is 13.0. The van der Waals surface area contributed by atoms with Gasteiger partial charge >= 0.3 is 0 Å². The van der Waals surface area contributed by atoms with Gasteiger partial charge in [-0.3, -0.25) is 4.98 Å². The zero-order valence-electron chi connectivity index (χ0n) is 8.61. The number of nitrogens with zero attached hydrogens (tertiary/aromatic N) is 1. The molecule has 1 N–H and O–H groups in total. The lowest BCUT2D eigenvalue weighted by Crippen LogP contribution is -2.39. The van der Waals surface area contributed by atoms with Gasteiger partial charge in [0.05, 0.1) is 5.52 Å². The Labute approximate surface area is 99.3 Å². The summed E-state index contributed by atoms with van der Waals surface area (Å²) in [6.07, 6.45) is 1.76. The third-order valence-electron chi connectivity index (χ3n) is 2.96. The number of hydrogen-bond acceptors (Lipinski definition) is 2. The van der Waals surface area contributed by atoms with E-state index in [1.54, 1.807) is 6.20 Å². The van der Waals surface area contributed by atoms with Crippen LogP contribution in [-0.4, -0.2) is 18.1 Å². The summed E-state index contributed by atoms with van der Waals surface area (Å²) in [6.45, 7) is 2.02. The van der Waals surface area contributed by atoms with Gasteiger partial charge in [0.15, 0.2) is 0 Å². The number of aromatic nitrogens is 1. The summed E-state index contributed by atoms with van der Waals surface area (Å²) in [6, 6.07) is 6.85. The molecule has 1 saturated heterocycles. The third kappa shape index (κ3) is 1.77. The second-order valence-electron chi connectivity index (χ2n) is 3.92. The molecule has 2 aromatic rings. The second kappa shape index (κ2) is 4.36. The van der Waals surface area contributed by atoms with Crippen LogP contribution in [0.25, 0.3) is 10.9 Å². The lowest BCUT2D eigenvalue weighted by Gasteiger charge is -2.28. The smallest absolute Gasteiger partial charge is 0.125 e. The molecule has 3 rings (SSSR count). The van der Waals surface area contributed by atoms with E-state index in [2.05, 4.69) is 10.3 Å². The van der Waals surface area contributed by atoms with Gasteiger partial charge in [0, 0.05) is 36.7 Å². The molecule has 1 aliphatic rings. The van der Waals surface area contributed by atoms with Crippen molar-refractivity contribution in [2.24, 2.45) is 0 Å². The molecule has 0 atom stereocenters. The van der Waals surface area contributed by atoms with Gasteiger partial charge in [0.2, 0.25) is 0 Å². The van der Waals surface area contributed by atoms with Crippen molar-refractivity contribution in [2.75, 3.05) is 13.1 Å². The van der Waals surface area contributed by atoms with Gasteiger partial charge in [-0.15, -0.1) is 12.4 Å². The van der Waals surface area contributed by atoms with Crippen molar-refractivity contribution < 1.29 is 4.39 Å². The van der Waals surface area contributed by atoms with Gasteiger partial charge in [0.1, 0.15) is 5.82 Å². The van der Waals surface area contributed by atoms with E-state index < -0.39 is 0 Å². The summed E-state index contributed by atoms with van der Waals surface area (Å²) in [5.74, 6) is 0.333. The third-order valence-corrected chi connectivity index (χ3v) is 2.96. The predicted octanol–water partition coefficient (Wildman–Crippen LogP) is 2.48. The van der Waals surface area contributed by atoms with Crippen LogP contribution in [-0.2, 0) is 0 Å². The van der Waals surface area contributed by atoms with Crippen LogP contribution in [0.4, 0.5) is 4.39 Å². The molecular weight excluding hydrogens is 227 g/mol. The number of benzene rings is 1. The highest BCUT2D eigenvalue weighted by Crippen LogP contribution is 2.27. The summed E-state index contributed by atoms with van der Waals surface area (Å²) in [4.78, 5) is 4.18. The molecule has 1 fully saturated rings. The highest BCUT2D eigenvalue weighted by Gasteiger charge is 2.20. The molecule has 1 aromatic heterocycles. The fourth-order valence-corrected chi connectivity index (χ4v) is 2.01. The van der Waals surface area contributed by atoms with Crippen molar-refractivity contribution >= 4 is 23.3 Å². The van der Waals surface area contributed by atoms with E-state index in [4.69, 9.17) is 0 Å². The zero-order chi connectivity index (χ0) is 10.3. The van der Waals surface area contributed by atoms with Crippen LogP contribution >= 0.6 is 12.4 Å². The average molecular weight is 239 g/mol. The average Bonchev–Trinajstić information content (AvgIpc) is 2.15. The fourth-order valence-electron chi connectivity index (χ4n) is 2.01. The highest BCUT2D eigenvalue weighted by atomic mass is 35.5. The lowest BCUT2D eigenvalue weighted by atomic mass is 9.91. The fraction of sp³-hybridized carbons (Fsp3) is 0.250. The van der Waals surface area contributed by atoms with Crippen molar-refractivity contribution in [1.82, 2.24) is 10.3 Å². The number of pyridine rings is 1. The molecule has 4 heteroatoms. The summed E-state index contributed by atoms with van der Waals surface area (Å²) in [7, 11) is 0. The minimum atomic E-state index is -0.223. The van der Waals surface area contributed by atoms with Crippen molar-refractivity contribution in [1.29, 1.82) is 0 Å². The predicted molar refractivity (Wildman–Crippen MR) is 64.6 cm³/mol. The van der Waals surface area contributed by atoms with Crippen molar-refractivity contribution in [3.05, 3.63) is 41.8 Å². The van der Waals surface area contributed by atoms with E-state index in [-0.39, 0.29) is 18.2 Å². The minimum absolute atomic E-state index is 0. The van der Waals surface area contributed by atoms with Crippen molar-refractivity contribution in [3.63, 3.8) is 0 Å². The number of fused-ring (bicyclic) bond motifs is 1. The van der Waals surface area contributed by atoms with Crippen LogP contribution in [0.2, 0.25) is 0 Å². The zero-order valence-corrected chi connectivity index (χ0v) is 9.43. The first-order chi connectivity index (χ1) is 7.34. The van der Waals surface area contributed by atoms with E-state index in [9.17, 15) is 4.39 Å². The molecule has 16 heavy (non-hydrogen) atoms. The van der Waals surface area contributed by atoms with E-state index in [0.29, 0.717) is 5.92 Å². The maximum atomic E-state index is 13.0. The molecule has 2 nitrogen and oxygen atoms in total. The van der Waals surface area contributed by atoms with E-state index >= 15 is 0 Å². The van der Waals surface area contributed by atoms with Gasteiger partial charge in [-0.25, -0.2) is 4.39 Å². The normalized spacial score (nSPS) is 15.6. The Morgan fingerprint density at radius 2 is 2.06 bits per heavy atom. The molecule has 0 amide bonds. The Bertz CT molecular complexity index is 511. The molecule has 0 saturated carbocycles. The lowest BCUT2D eigenvalue weighted by molar-refractivity contribution is 0.450. The Hall–Kier alpha value is -1.19. The topological polar surface area (TPSA) is 24.9 Å². The molecule has 0 spiro atoms. The van der Waals surface area contributed by atoms with Crippen LogP contribution in [0.1, 0.15) is 11.5 Å². The van der Waals surface area contributed by atoms with E-state index in [1.165, 1.54) is 17.7 Å². The summed E-state index contributed by atoms with van der Waals surface area (Å²) in [5.41, 5.74) is 2.03. The van der Waals surface area contributed by atoms with Crippen LogP contribution in [0.5, 0.6) is 0 Å². The SMILES string of the molecule is Cl.Fc1ccc2c(C3CNC3)ccnc2c1. The maximum Gasteiger partial charge on any atom is 0.125 e. The van der Waals surface area contributed by atoms with Crippen LogP contribution in [0, 0.1) is 5.82 Å². The molecule has 0 unspecified atom stereocenters. The number of rotatable bonds is 1. The molecule has 0 aliphatic carbocycles. The van der Waals surface area contributed by atoms with Gasteiger partial charge in [-0.05, 0) is 23.8 Å². The summed E-state index contributed by atoms with van der Waals surface area (Å²) in [5, 5.41) is 4.32. The van der Waals surface area contributed by atoms with Gasteiger partial charge in [-0.1, -0.05) is 0 Å². The molecule has 1 aliphatic heterocycles. The Morgan fingerprint density at radius 1 is 1.25 bits per heavy atom. The Kier molecular flexibility index (Phi) is 3.08. The van der Waals surface area contributed by atoms with Gasteiger partial charge in [0.25, 0.3) is 0 Å². The van der Waals surface area contributed by atoms with Crippen LogP contribution < -0.4 is 5.32 Å². The van der Waals surface area contributed by atoms with Crippen molar-refractivity contribution in [3.8, 4) is 0 Å². The standard InChI is InChI=1S/C12H11FN2.ClH/c13-9-1-2-11-10(8-6-14-7-8)3-4-15-12(11)5-9;/h1-5,8,14H,6-7H2;1H. The molecule has 0 bridgehead atoms. The van der Waals surface area contributed by atoms with E-state index in [1.807, 2.05) is 12.1 Å². The Morgan fingerprint density at radius 3 is 2.75 bits per heavy atom. The minimum Gasteiger partial charge on any atom is -0.315 e. The molecule has 2 heterocycles. The first-order valence-electron chi connectivity index (χ1n) is 5.09. The van der Waals surface area contributed by atoms with Crippen LogP contribution in [0.3, 0.4) is 0 Å². The molecule has 1 aromatic carbocycles. The summed E-state index contributed by atoms with van der Waals surface area (Å²) < 4.78 is 13.0. The molecular formula is C12H12ClFN2. The molecule has 84 valence electrons. The number of hydrogen-bond donors (Lipinski definition) is 1. The second-order valence-corrected chi connectivity index (χ2v) is 3.92. The first kappa shape index (κ1) is 11.3. The Balaban J connectivity index is 0.000000963. The quantitative estimate of drug-likeness (QED) is 0.826. The number of nitrogens with one attached hydrogen (secondary N) is 1. The summed E-state index contributed by atoms with van der Waals surface area (Å²) >= 11 is 0. The number of halogens is 2. The van der Waals surface area contributed by atoms with E-state index in [0.717, 1.165) is 24.0 Å².